The maximum absolute atomic E-state index is 13.0. The van der Waals surface area contributed by atoms with Crippen LogP contribution in [-0.2, 0) is 0 Å². The van der Waals surface area contributed by atoms with Crippen LogP contribution in [0.1, 0.15) is 29.8 Å². The molecule has 22 heavy (non-hydrogen) atoms. The Hall–Kier alpha value is -2.42. The highest BCUT2D eigenvalue weighted by Crippen LogP contribution is 2.14. The van der Waals surface area contributed by atoms with E-state index < -0.39 is 0 Å². The van der Waals surface area contributed by atoms with Crippen molar-refractivity contribution in [3.8, 4) is 0 Å². The molecule has 0 unspecified atom stereocenters. The lowest BCUT2D eigenvalue weighted by Gasteiger charge is -2.22. The van der Waals surface area contributed by atoms with Crippen molar-refractivity contribution >= 4 is 11.7 Å². The standard InChI is InChI=1S/C19H23N2O/c1-15(2)21(19(22)17-13-9-6-10-14-17)18(20(3)4)16-11-7-5-8-12-16/h5-15H,1-4H3/q+1. The fourth-order valence-corrected chi connectivity index (χ4v) is 2.50. The van der Waals surface area contributed by atoms with Gasteiger partial charge in [0.15, 0.2) is 0 Å². The second-order valence-electron chi connectivity index (χ2n) is 5.72. The number of benzene rings is 2. The van der Waals surface area contributed by atoms with Crippen LogP contribution in [0.15, 0.2) is 60.7 Å². The van der Waals surface area contributed by atoms with Crippen LogP contribution in [-0.4, -0.2) is 41.4 Å². The van der Waals surface area contributed by atoms with Gasteiger partial charge in [-0.2, -0.15) is 4.90 Å². The molecule has 0 heterocycles. The molecule has 0 saturated heterocycles. The van der Waals surface area contributed by atoms with Crippen molar-refractivity contribution in [3.05, 3.63) is 71.8 Å². The van der Waals surface area contributed by atoms with Crippen LogP contribution in [0.25, 0.3) is 0 Å². The molecule has 2 rings (SSSR count). The summed E-state index contributed by atoms with van der Waals surface area (Å²) < 4.78 is 2.00. The van der Waals surface area contributed by atoms with Gasteiger partial charge in [-0.05, 0) is 38.1 Å². The maximum Gasteiger partial charge on any atom is 0.341 e. The Morgan fingerprint density at radius 1 is 0.864 bits per heavy atom. The predicted molar refractivity (Wildman–Crippen MR) is 90.4 cm³/mol. The molecule has 2 aromatic rings. The summed E-state index contributed by atoms with van der Waals surface area (Å²) in [5.41, 5.74) is 1.73. The van der Waals surface area contributed by atoms with Crippen LogP contribution >= 0.6 is 0 Å². The number of nitrogens with zero attached hydrogens (tertiary/aromatic N) is 2. The summed E-state index contributed by atoms with van der Waals surface area (Å²) in [4.78, 5) is 14.8. The van der Waals surface area contributed by atoms with Gasteiger partial charge in [-0.25, -0.2) is 4.79 Å². The predicted octanol–water partition coefficient (Wildman–Crippen LogP) is 3.26. The molecule has 0 bridgehead atoms. The van der Waals surface area contributed by atoms with Crippen molar-refractivity contribution in [1.29, 1.82) is 0 Å². The summed E-state index contributed by atoms with van der Waals surface area (Å²) in [6.45, 7) is 4.07. The van der Waals surface area contributed by atoms with Crippen LogP contribution < -0.4 is 0 Å². The van der Waals surface area contributed by atoms with E-state index in [1.165, 1.54) is 0 Å². The van der Waals surface area contributed by atoms with E-state index in [4.69, 9.17) is 0 Å². The third-order valence-corrected chi connectivity index (χ3v) is 3.44. The third kappa shape index (κ3) is 3.42. The number of hydrogen-bond donors (Lipinski definition) is 0. The van der Waals surface area contributed by atoms with Gasteiger partial charge >= 0.3 is 5.91 Å². The highest BCUT2D eigenvalue weighted by atomic mass is 16.2. The van der Waals surface area contributed by atoms with Crippen molar-refractivity contribution in [2.75, 3.05) is 14.1 Å². The van der Waals surface area contributed by atoms with Gasteiger partial charge in [0, 0.05) is 0 Å². The monoisotopic (exact) mass is 295 g/mol. The lowest BCUT2D eigenvalue weighted by atomic mass is 10.1. The van der Waals surface area contributed by atoms with E-state index in [2.05, 4.69) is 0 Å². The molecular formula is C19H23N2O+. The van der Waals surface area contributed by atoms with Gasteiger partial charge in [-0.15, -0.1) is 0 Å². The Morgan fingerprint density at radius 2 is 1.32 bits per heavy atom. The Morgan fingerprint density at radius 3 is 1.73 bits per heavy atom. The number of amidine groups is 1. The smallest absolute Gasteiger partial charge is 0.266 e. The van der Waals surface area contributed by atoms with E-state index in [0.29, 0.717) is 5.56 Å². The molecule has 0 aliphatic rings. The Balaban J connectivity index is 2.51. The van der Waals surface area contributed by atoms with Gasteiger partial charge in [0.05, 0.1) is 31.3 Å². The minimum absolute atomic E-state index is 0.0168. The number of hydrogen-bond acceptors (Lipinski definition) is 1. The van der Waals surface area contributed by atoms with Gasteiger partial charge in [0.1, 0.15) is 0 Å². The average Bonchev–Trinajstić information content (AvgIpc) is 2.52. The van der Waals surface area contributed by atoms with Gasteiger partial charge in [0.2, 0.25) is 0 Å². The molecule has 0 aliphatic heterocycles. The number of carbonyl (C=O) groups excluding carboxylic acids is 1. The van der Waals surface area contributed by atoms with Crippen molar-refractivity contribution in [2.24, 2.45) is 0 Å². The molecular weight excluding hydrogens is 272 g/mol. The SMILES string of the molecule is CC(C)N(C(=O)c1ccccc1)C(c1ccccc1)=[N+](C)C. The zero-order valence-electron chi connectivity index (χ0n) is 13.7. The molecule has 0 saturated carbocycles. The van der Waals surface area contributed by atoms with Gasteiger partial charge in [0.25, 0.3) is 5.84 Å². The van der Waals surface area contributed by atoms with Crippen molar-refractivity contribution < 1.29 is 9.37 Å². The summed E-state index contributed by atoms with van der Waals surface area (Å²) in [6, 6.07) is 19.5. The van der Waals surface area contributed by atoms with Gasteiger partial charge in [-0.3, -0.25) is 4.58 Å². The Kier molecular flexibility index (Phi) is 5.10. The summed E-state index contributed by atoms with van der Waals surface area (Å²) in [7, 11) is 3.94. The van der Waals surface area contributed by atoms with E-state index in [-0.39, 0.29) is 11.9 Å². The minimum Gasteiger partial charge on any atom is -0.266 e. The van der Waals surface area contributed by atoms with E-state index in [0.717, 1.165) is 11.4 Å². The van der Waals surface area contributed by atoms with Gasteiger partial charge < -0.3 is 0 Å². The first-order valence-corrected chi connectivity index (χ1v) is 7.50. The average molecular weight is 295 g/mol. The first kappa shape index (κ1) is 16.0. The number of amides is 1. The molecule has 0 N–H and O–H groups in total. The highest BCUT2D eigenvalue weighted by Gasteiger charge is 2.33. The molecule has 3 nitrogen and oxygen atoms in total. The molecule has 1 amide bonds. The van der Waals surface area contributed by atoms with E-state index in [1.807, 2.05) is 98.1 Å². The van der Waals surface area contributed by atoms with E-state index in [1.54, 1.807) is 0 Å². The van der Waals surface area contributed by atoms with E-state index in [9.17, 15) is 4.79 Å². The van der Waals surface area contributed by atoms with Crippen LogP contribution in [0.3, 0.4) is 0 Å². The quantitative estimate of drug-likeness (QED) is 0.484. The van der Waals surface area contributed by atoms with Crippen molar-refractivity contribution in [2.45, 2.75) is 19.9 Å². The minimum atomic E-state index is 0.0168. The Labute approximate surface area is 132 Å². The summed E-state index contributed by atoms with van der Waals surface area (Å²) >= 11 is 0. The van der Waals surface area contributed by atoms with Crippen LogP contribution in [0.4, 0.5) is 0 Å². The fourth-order valence-electron chi connectivity index (χ4n) is 2.50. The van der Waals surface area contributed by atoms with Crippen LogP contribution in [0.5, 0.6) is 0 Å². The highest BCUT2D eigenvalue weighted by molar-refractivity contribution is 6.10. The molecule has 0 atom stereocenters. The third-order valence-electron chi connectivity index (χ3n) is 3.44. The molecule has 0 aliphatic carbocycles. The summed E-state index contributed by atoms with van der Waals surface area (Å²) in [5.74, 6) is 0.924. The maximum atomic E-state index is 13.0. The second-order valence-corrected chi connectivity index (χ2v) is 5.72. The number of rotatable bonds is 3. The van der Waals surface area contributed by atoms with Gasteiger partial charge in [-0.1, -0.05) is 36.4 Å². The molecule has 0 spiro atoms. The van der Waals surface area contributed by atoms with Crippen LogP contribution in [0.2, 0.25) is 0 Å². The normalized spacial score (nSPS) is 10.4. The largest absolute Gasteiger partial charge is 0.341 e. The molecule has 2 aromatic carbocycles. The Bertz CT molecular complexity index is 656. The zero-order chi connectivity index (χ0) is 16.1. The lowest BCUT2D eigenvalue weighted by Crippen LogP contribution is -2.45. The van der Waals surface area contributed by atoms with E-state index >= 15 is 0 Å². The molecule has 0 fully saturated rings. The molecule has 0 radical (unpaired) electrons. The van der Waals surface area contributed by atoms with Crippen LogP contribution in [0, 0.1) is 0 Å². The first-order chi connectivity index (χ1) is 10.5. The summed E-state index contributed by atoms with van der Waals surface area (Å²) in [5, 5.41) is 0. The molecule has 3 heteroatoms. The molecule has 0 aromatic heterocycles. The fraction of sp³-hybridized carbons (Fsp3) is 0.263. The van der Waals surface area contributed by atoms with Crippen molar-refractivity contribution in [1.82, 2.24) is 4.90 Å². The van der Waals surface area contributed by atoms with Crippen molar-refractivity contribution in [3.63, 3.8) is 0 Å². The zero-order valence-corrected chi connectivity index (χ0v) is 13.7. The lowest BCUT2D eigenvalue weighted by molar-refractivity contribution is -0.468. The second kappa shape index (κ2) is 7.03. The summed E-state index contributed by atoms with van der Waals surface area (Å²) in [6.07, 6.45) is 0. The number of carbonyl (C=O) groups is 1. The first-order valence-electron chi connectivity index (χ1n) is 7.50. The molecule has 114 valence electrons. The topological polar surface area (TPSA) is 23.3 Å².